The highest BCUT2D eigenvalue weighted by Crippen LogP contribution is 2.07. The smallest absolute Gasteiger partial charge is 0.273 e. The van der Waals surface area contributed by atoms with E-state index in [2.05, 4.69) is 15.0 Å². The van der Waals surface area contributed by atoms with Crippen molar-refractivity contribution >= 4 is 17.5 Å². The molecule has 0 radical (unpaired) electrons. The van der Waals surface area contributed by atoms with Gasteiger partial charge < -0.3 is 9.84 Å². The van der Waals surface area contributed by atoms with Crippen LogP contribution in [0.25, 0.3) is 0 Å². The lowest BCUT2D eigenvalue weighted by Gasteiger charge is -2.13. The molecule has 1 amide bonds. The monoisotopic (exact) mass is 216 g/mol. The third kappa shape index (κ3) is 3.03. The lowest BCUT2D eigenvalue weighted by atomic mass is 10.1. The van der Waals surface area contributed by atoms with E-state index in [9.17, 15) is 4.79 Å². The van der Waals surface area contributed by atoms with E-state index in [0.29, 0.717) is 12.5 Å². The second-order valence-electron chi connectivity index (χ2n) is 3.35. The minimum Gasteiger partial charge on any atom is -0.364 e. The Morgan fingerprint density at radius 3 is 2.93 bits per heavy atom. The van der Waals surface area contributed by atoms with Gasteiger partial charge in [-0.1, -0.05) is 19.0 Å². The molecule has 0 spiro atoms. The molecule has 1 aromatic rings. The highest BCUT2D eigenvalue weighted by atomic mass is 35.5. The summed E-state index contributed by atoms with van der Waals surface area (Å²) in [5.74, 6) is 0.0688. The summed E-state index contributed by atoms with van der Waals surface area (Å²) in [6, 6.07) is 1.51. The van der Waals surface area contributed by atoms with Gasteiger partial charge in [0.2, 0.25) is 0 Å². The SMILES string of the molecule is CC(C)C(Cl)CNC(=O)c1ccon1. The number of alkyl halides is 1. The van der Waals surface area contributed by atoms with E-state index >= 15 is 0 Å². The predicted molar refractivity (Wildman–Crippen MR) is 53.3 cm³/mol. The maximum atomic E-state index is 11.3. The Bertz CT molecular complexity index is 285. The van der Waals surface area contributed by atoms with Crippen LogP contribution in [0.4, 0.5) is 0 Å². The normalized spacial score (nSPS) is 12.9. The zero-order chi connectivity index (χ0) is 10.6. The molecule has 0 bridgehead atoms. The van der Waals surface area contributed by atoms with Crippen LogP contribution in [0.3, 0.4) is 0 Å². The quantitative estimate of drug-likeness (QED) is 0.779. The van der Waals surface area contributed by atoms with Crippen LogP contribution in [-0.2, 0) is 0 Å². The number of carbonyl (C=O) groups is 1. The summed E-state index contributed by atoms with van der Waals surface area (Å²) in [5, 5.41) is 6.12. The molecule has 14 heavy (non-hydrogen) atoms. The number of nitrogens with zero attached hydrogens (tertiary/aromatic N) is 1. The molecular formula is C9H13ClN2O2. The summed E-state index contributed by atoms with van der Waals surface area (Å²) >= 11 is 5.96. The van der Waals surface area contributed by atoms with Crippen molar-refractivity contribution in [1.29, 1.82) is 0 Å². The van der Waals surface area contributed by atoms with Gasteiger partial charge in [-0.25, -0.2) is 0 Å². The molecule has 1 atom stereocenters. The maximum Gasteiger partial charge on any atom is 0.273 e. The van der Waals surface area contributed by atoms with E-state index in [4.69, 9.17) is 11.6 Å². The van der Waals surface area contributed by atoms with Crippen LogP contribution in [0.2, 0.25) is 0 Å². The lowest BCUT2D eigenvalue weighted by Crippen LogP contribution is -2.32. The zero-order valence-corrected chi connectivity index (χ0v) is 8.91. The highest BCUT2D eigenvalue weighted by molar-refractivity contribution is 6.21. The van der Waals surface area contributed by atoms with E-state index in [1.165, 1.54) is 12.3 Å². The Hall–Kier alpha value is -1.03. The van der Waals surface area contributed by atoms with Gasteiger partial charge in [0.25, 0.3) is 5.91 Å². The minimum atomic E-state index is -0.259. The number of rotatable bonds is 4. The Morgan fingerprint density at radius 2 is 2.43 bits per heavy atom. The Balaban J connectivity index is 2.36. The fourth-order valence-electron chi connectivity index (χ4n) is 0.846. The average molecular weight is 217 g/mol. The lowest BCUT2D eigenvalue weighted by molar-refractivity contribution is 0.0943. The first-order valence-electron chi connectivity index (χ1n) is 4.44. The number of hydrogen-bond acceptors (Lipinski definition) is 3. The summed E-state index contributed by atoms with van der Waals surface area (Å²) in [5.41, 5.74) is 0.276. The van der Waals surface area contributed by atoms with Crippen molar-refractivity contribution in [3.63, 3.8) is 0 Å². The van der Waals surface area contributed by atoms with Gasteiger partial charge in [-0.2, -0.15) is 0 Å². The van der Waals surface area contributed by atoms with Crippen molar-refractivity contribution < 1.29 is 9.32 Å². The van der Waals surface area contributed by atoms with Crippen LogP contribution in [0.5, 0.6) is 0 Å². The molecule has 4 nitrogen and oxygen atoms in total. The second kappa shape index (κ2) is 5.00. The summed E-state index contributed by atoms with van der Waals surface area (Å²) in [7, 11) is 0. The van der Waals surface area contributed by atoms with Gasteiger partial charge in [0.15, 0.2) is 5.69 Å². The first-order chi connectivity index (χ1) is 6.61. The minimum absolute atomic E-state index is 0.0640. The Kier molecular flexibility index (Phi) is 3.95. The van der Waals surface area contributed by atoms with Crippen LogP contribution < -0.4 is 5.32 Å². The molecule has 0 aliphatic heterocycles. The Morgan fingerprint density at radius 1 is 1.71 bits per heavy atom. The van der Waals surface area contributed by atoms with Gasteiger partial charge in [0, 0.05) is 12.6 Å². The van der Waals surface area contributed by atoms with Crippen LogP contribution in [-0.4, -0.2) is 23.0 Å². The third-order valence-corrected chi connectivity index (χ3v) is 2.51. The highest BCUT2D eigenvalue weighted by Gasteiger charge is 2.13. The van der Waals surface area contributed by atoms with E-state index < -0.39 is 0 Å². The number of carbonyl (C=O) groups excluding carboxylic acids is 1. The van der Waals surface area contributed by atoms with E-state index in [-0.39, 0.29) is 17.0 Å². The largest absolute Gasteiger partial charge is 0.364 e. The molecule has 1 unspecified atom stereocenters. The van der Waals surface area contributed by atoms with Crippen molar-refractivity contribution in [2.75, 3.05) is 6.54 Å². The molecule has 1 aromatic heterocycles. The van der Waals surface area contributed by atoms with E-state index in [0.717, 1.165) is 0 Å². The number of hydrogen-bond donors (Lipinski definition) is 1. The average Bonchev–Trinajstić information content (AvgIpc) is 2.66. The summed E-state index contributed by atoms with van der Waals surface area (Å²) in [6.07, 6.45) is 1.36. The third-order valence-electron chi connectivity index (χ3n) is 1.85. The first-order valence-corrected chi connectivity index (χ1v) is 4.87. The zero-order valence-electron chi connectivity index (χ0n) is 8.16. The second-order valence-corrected chi connectivity index (χ2v) is 3.92. The van der Waals surface area contributed by atoms with Crippen LogP contribution >= 0.6 is 11.6 Å². The summed E-state index contributed by atoms with van der Waals surface area (Å²) in [6.45, 7) is 4.44. The van der Waals surface area contributed by atoms with Gasteiger partial charge in [0.05, 0.1) is 5.38 Å². The first kappa shape index (κ1) is 11.0. The van der Waals surface area contributed by atoms with E-state index in [1.54, 1.807) is 0 Å². The molecular weight excluding hydrogens is 204 g/mol. The van der Waals surface area contributed by atoms with Crippen LogP contribution in [0, 0.1) is 5.92 Å². The maximum absolute atomic E-state index is 11.3. The van der Waals surface area contributed by atoms with Crippen molar-refractivity contribution in [1.82, 2.24) is 10.5 Å². The van der Waals surface area contributed by atoms with Gasteiger partial charge in [0.1, 0.15) is 6.26 Å². The number of aromatic nitrogens is 1. The van der Waals surface area contributed by atoms with Crippen molar-refractivity contribution in [2.45, 2.75) is 19.2 Å². The molecule has 0 saturated heterocycles. The Labute approximate surface area is 87.6 Å². The van der Waals surface area contributed by atoms with Crippen LogP contribution in [0.15, 0.2) is 16.9 Å². The van der Waals surface area contributed by atoms with E-state index in [1.807, 2.05) is 13.8 Å². The molecule has 0 aromatic carbocycles. The van der Waals surface area contributed by atoms with Gasteiger partial charge in [-0.15, -0.1) is 11.6 Å². The predicted octanol–water partition coefficient (Wildman–Crippen LogP) is 1.67. The molecule has 5 heteroatoms. The van der Waals surface area contributed by atoms with Crippen molar-refractivity contribution in [2.24, 2.45) is 5.92 Å². The standard InChI is InChI=1S/C9H13ClN2O2/c1-6(2)7(10)5-11-9(13)8-3-4-14-12-8/h3-4,6-7H,5H2,1-2H3,(H,11,13). The fourth-order valence-corrected chi connectivity index (χ4v) is 0.923. The fraction of sp³-hybridized carbons (Fsp3) is 0.556. The van der Waals surface area contributed by atoms with Gasteiger partial charge in [-0.3, -0.25) is 4.79 Å². The molecule has 0 aliphatic rings. The van der Waals surface area contributed by atoms with Gasteiger partial charge in [-0.05, 0) is 5.92 Å². The molecule has 0 aliphatic carbocycles. The summed E-state index contributed by atoms with van der Waals surface area (Å²) in [4.78, 5) is 11.3. The molecule has 1 N–H and O–H groups in total. The number of nitrogens with one attached hydrogen (secondary N) is 1. The molecule has 0 fully saturated rings. The molecule has 0 saturated carbocycles. The topological polar surface area (TPSA) is 55.1 Å². The number of halogens is 1. The van der Waals surface area contributed by atoms with Crippen molar-refractivity contribution in [3.05, 3.63) is 18.0 Å². The molecule has 1 rings (SSSR count). The number of amides is 1. The summed E-state index contributed by atoms with van der Waals surface area (Å²) < 4.78 is 4.55. The van der Waals surface area contributed by atoms with Crippen molar-refractivity contribution in [3.8, 4) is 0 Å². The molecule has 1 heterocycles. The van der Waals surface area contributed by atoms with Gasteiger partial charge >= 0.3 is 0 Å². The van der Waals surface area contributed by atoms with Crippen LogP contribution in [0.1, 0.15) is 24.3 Å². The molecule has 78 valence electrons.